The molecular weight excluding hydrogens is 178 g/mol. The SMILES string of the molecule is N#CC#Cc1cccc2sccc12. The van der Waals surface area contributed by atoms with Crippen molar-refractivity contribution in [1.82, 2.24) is 0 Å². The van der Waals surface area contributed by atoms with E-state index >= 15 is 0 Å². The summed E-state index contributed by atoms with van der Waals surface area (Å²) in [6, 6.07) is 9.79. The summed E-state index contributed by atoms with van der Waals surface area (Å²) in [5, 5.41) is 11.5. The molecule has 0 spiro atoms. The largest absolute Gasteiger partial charge is 0.183 e. The van der Waals surface area contributed by atoms with E-state index in [-0.39, 0.29) is 0 Å². The van der Waals surface area contributed by atoms with Crippen LogP contribution in [0.4, 0.5) is 0 Å². The summed E-state index contributed by atoms with van der Waals surface area (Å²) in [6.45, 7) is 0. The highest BCUT2D eigenvalue weighted by Crippen LogP contribution is 2.23. The lowest BCUT2D eigenvalue weighted by Crippen LogP contribution is -1.73. The summed E-state index contributed by atoms with van der Waals surface area (Å²) < 4.78 is 1.21. The quantitative estimate of drug-likeness (QED) is 0.576. The van der Waals surface area contributed by atoms with Crippen LogP contribution >= 0.6 is 11.3 Å². The second-order valence-corrected chi connectivity index (χ2v) is 3.45. The molecule has 0 bridgehead atoms. The van der Waals surface area contributed by atoms with E-state index in [1.807, 2.05) is 29.6 Å². The van der Waals surface area contributed by atoms with Crippen LogP contribution < -0.4 is 0 Å². The van der Waals surface area contributed by atoms with Gasteiger partial charge in [-0.15, -0.1) is 11.3 Å². The second kappa shape index (κ2) is 3.31. The van der Waals surface area contributed by atoms with Crippen LogP contribution in [0.15, 0.2) is 29.6 Å². The number of rotatable bonds is 0. The fourth-order valence-electron chi connectivity index (χ4n) is 1.20. The van der Waals surface area contributed by atoms with E-state index in [1.54, 1.807) is 11.3 Å². The average molecular weight is 183 g/mol. The van der Waals surface area contributed by atoms with Crippen LogP contribution in [0.1, 0.15) is 5.56 Å². The minimum atomic E-state index is 0.931. The van der Waals surface area contributed by atoms with Gasteiger partial charge in [-0.3, -0.25) is 0 Å². The first-order valence-corrected chi connectivity index (χ1v) is 4.66. The number of fused-ring (bicyclic) bond motifs is 1. The van der Waals surface area contributed by atoms with Crippen molar-refractivity contribution in [2.24, 2.45) is 0 Å². The fourth-order valence-corrected chi connectivity index (χ4v) is 2.01. The van der Waals surface area contributed by atoms with E-state index in [2.05, 4.69) is 17.9 Å². The maximum Gasteiger partial charge on any atom is 0.152 e. The Hall–Kier alpha value is -1.77. The first-order chi connectivity index (χ1) is 6.42. The minimum Gasteiger partial charge on any atom is -0.183 e. The lowest BCUT2D eigenvalue weighted by Gasteiger charge is -1.91. The zero-order valence-corrected chi connectivity index (χ0v) is 7.56. The van der Waals surface area contributed by atoms with E-state index in [1.165, 1.54) is 4.70 Å². The van der Waals surface area contributed by atoms with Gasteiger partial charge in [0, 0.05) is 21.6 Å². The molecule has 2 aromatic rings. The Labute approximate surface area is 80.2 Å². The predicted molar refractivity (Wildman–Crippen MR) is 54.3 cm³/mol. The van der Waals surface area contributed by atoms with Crippen molar-refractivity contribution in [2.75, 3.05) is 0 Å². The molecule has 13 heavy (non-hydrogen) atoms. The first-order valence-electron chi connectivity index (χ1n) is 3.78. The van der Waals surface area contributed by atoms with Gasteiger partial charge in [0.05, 0.1) is 0 Å². The topological polar surface area (TPSA) is 23.8 Å². The van der Waals surface area contributed by atoms with E-state index in [0.717, 1.165) is 10.9 Å². The van der Waals surface area contributed by atoms with Gasteiger partial charge in [-0.1, -0.05) is 12.0 Å². The minimum absolute atomic E-state index is 0.931. The number of hydrogen-bond acceptors (Lipinski definition) is 2. The van der Waals surface area contributed by atoms with Crippen molar-refractivity contribution in [3.8, 4) is 17.9 Å². The molecule has 0 unspecified atom stereocenters. The van der Waals surface area contributed by atoms with Crippen LogP contribution in [0.5, 0.6) is 0 Å². The van der Waals surface area contributed by atoms with Gasteiger partial charge in [-0.05, 0) is 23.6 Å². The van der Waals surface area contributed by atoms with Crippen molar-refractivity contribution < 1.29 is 0 Å². The van der Waals surface area contributed by atoms with Crippen LogP contribution in [-0.4, -0.2) is 0 Å². The van der Waals surface area contributed by atoms with Gasteiger partial charge in [-0.25, -0.2) is 0 Å². The monoisotopic (exact) mass is 183 g/mol. The Bertz CT molecular complexity index is 534. The highest BCUT2D eigenvalue weighted by molar-refractivity contribution is 7.17. The fraction of sp³-hybridized carbons (Fsp3) is 0. The molecule has 0 atom stereocenters. The molecule has 0 aliphatic heterocycles. The molecule has 0 saturated heterocycles. The summed E-state index contributed by atoms with van der Waals surface area (Å²) in [7, 11) is 0. The summed E-state index contributed by atoms with van der Waals surface area (Å²) >= 11 is 1.68. The Morgan fingerprint density at radius 2 is 2.15 bits per heavy atom. The molecule has 60 valence electrons. The van der Waals surface area contributed by atoms with Gasteiger partial charge in [0.1, 0.15) is 0 Å². The number of benzene rings is 1. The third-order valence-corrected chi connectivity index (χ3v) is 2.63. The molecule has 1 nitrogen and oxygen atoms in total. The van der Waals surface area contributed by atoms with Crippen molar-refractivity contribution >= 4 is 21.4 Å². The van der Waals surface area contributed by atoms with E-state index < -0.39 is 0 Å². The molecule has 0 aliphatic carbocycles. The van der Waals surface area contributed by atoms with Gasteiger partial charge in [-0.2, -0.15) is 5.26 Å². The summed E-state index contributed by atoms with van der Waals surface area (Å²) in [5.74, 6) is 5.23. The molecule has 0 radical (unpaired) electrons. The van der Waals surface area contributed by atoms with Crippen LogP contribution in [0, 0.1) is 23.2 Å². The van der Waals surface area contributed by atoms with Crippen LogP contribution in [0.3, 0.4) is 0 Å². The number of nitriles is 1. The number of hydrogen-bond donors (Lipinski definition) is 0. The van der Waals surface area contributed by atoms with Gasteiger partial charge >= 0.3 is 0 Å². The second-order valence-electron chi connectivity index (χ2n) is 2.50. The lowest BCUT2D eigenvalue weighted by atomic mass is 10.1. The maximum absolute atomic E-state index is 8.33. The Balaban J connectivity index is 2.69. The van der Waals surface area contributed by atoms with Crippen LogP contribution in [0.2, 0.25) is 0 Å². The van der Waals surface area contributed by atoms with Crippen molar-refractivity contribution in [3.63, 3.8) is 0 Å². The maximum atomic E-state index is 8.33. The molecule has 1 heterocycles. The number of thiophene rings is 1. The normalized spacial score (nSPS) is 8.85. The summed E-state index contributed by atoms with van der Waals surface area (Å²) in [5.41, 5.74) is 0.931. The molecule has 1 aromatic carbocycles. The predicted octanol–water partition coefficient (Wildman–Crippen LogP) is 2.78. The molecule has 0 amide bonds. The third-order valence-electron chi connectivity index (χ3n) is 1.75. The van der Waals surface area contributed by atoms with Crippen molar-refractivity contribution in [2.45, 2.75) is 0 Å². The molecule has 1 aromatic heterocycles. The van der Waals surface area contributed by atoms with Gasteiger partial charge in [0.25, 0.3) is 0 Å². The molecule has 0 aliphatic rings. The molecule has 2 rings (SSSR count). The van der Waals surface area contributed by atoms with Gasteiger partial charge in [0.15, 0.2) is 6.07 Å². The van der Waals surface area contributed by atoms with Crippen molar-refractivity contribution in [1.29, 1.82) is 5.26 Å². The van der Waals surface area contributed by atoms with E-state index in [0.29, 0.717) is 0 Å². The van der Waals surface area contributed by atoms with Crippen LogP contribution in [-0.2, 0) is 0 Å². The third kappa shape index (κ3) is 1.40. The zero-order valence-electron chi connectivity index (χ0n) is 6.74. The standard InChI is InChI=1S/C11H5NS/c12-7-2-4-9-3-1-5-11-10(9)6-8-13-11/h1,3,5-6,8H. The molecule has 2 heteroatoms. The summed E-state index contributed by atoms with van der Waals surface area (Å²) in [4.78, 5) is 0. The Morgan fingerprint density at radius 1 is 1.23 bits per heavy atom. The molecule has 0 saturated carbocycles. The zero-order chi connectivity index (χ0) is 9.10. The first kappa shape index (κ1) is 7.86. The highest BCUT2D eigenvalue weighted by Gasteiger charge is 1.97. The van der Waals surface area contributed by atoms with E-state index in [9.17, 15) is 0 Å². The Kier molecular flexibility index (Phi) is 2.00. The summed E-state index contributed by atoms with van der Waals surface area (Å²) in [6.07, 6.45) is 0. The lowest BCUT2D eigenvalue weighted by molar-refractivity contribution is 1.55. The Morgan fingerprint density at radius 3 is 3.00 bits per heavy atom. The highest BCUT2D eigenvalue weighted by atomic mass is 32.1. The smallest absolute Gasteiger partial charge is 0.152 e. The van der Waals surface area contributed by atoms with Crippen LogP contribution in [0.25, 0.3) is 10.1 Å². The van der Waals surface area contributed by atoms with E-state index in [4.69, 9.17) is 5.26 Å². The number of nitrogens with zero attached hydrogens (tertiary/aromatic N) is 1. The molecule has 0 N–H and O–H groups in total. The average Bonchev–Trinajstić information content (AvgIpc) is 2.62. The van der Waals surface area contributed by atoms with Crippen molar-refractivity contribution in [3.05, 3.63) is 35.2 Å². The van der Waals surface area contributed by atoms with Gasteiger partial charge in [0.2, 0.25) is 0 Å². The molecular formula is C11H5NS. The molecule has 0 fully saturated rings. The van der Waals surface area contributed by atoms with Gasteiger partial charge < -0.3 is 0 Å².